The summed E-state index contributed by atoms with van der Waals surface area (Å²) in [6.45, 7) is 7.17. The normalized spacial score (nSPS) is 41.7. The molecule has 1 saturated carbocycles. The SMILES string of the molecule is [B][C@H]1C[C@H](O)[C@@](C=C)(CO)C1=C. The van der Waals surface area contributed by atoms with E-state index in [0.29, 0.717) is 12.0 Å². The van der Waals surface area contributed by atoms with Gasteiger partial charge in [-0.05, 0) is 6.42 Å². The third-order valence-electron chi connectivity index (χ3n) is 2.74. The minimum absolute atomic E-state index is 0.176. The number of hydrogen-bond donors (Lipinski definition) is 2. The molecule has 3 heteroatoms. The first-order chi connectivity index (χ1) is 5.58. The summed E-state index contributed by atoms with van der Waals surface area (Å²) in [4.78, 5) is 0. The molecule has 0 aromatic heterocycles. The van der Waals surface area contributed by atoms with Gasteiger partial charge >= 0.3 is 0 Å². The third-order valence-corrected chi connectivity index (χ3v) is 2.74. The van der Waals surface area contributed by atoms with Gasteiger partial charge in [0.2, 0.25) is 0 Å². The standard InChI is InChI=1S/C9H13BO2/c1-3-9(5-11)6(2)7(10)4-8(9)12/h3,7-8,11-12H,1-2,4-5H2/t7-,8-,9-/m0/s1. The van der Waals surface area contributed by atoms with Crippen LogP contribution in [0.3, 0.4) is 0 Å². The Labute approximate surface area is 74.0 Å². The topological polar surface area (TPSA) is 40.5 Å². The van der Waals surface area contributed by atoms with Crippen LogP contribution in [-0.2, 0) is 0 Å². The number of aliphatic hydroxyl groups is 2. The van der Waals surface area contributed by atoms with Crippen LogP contribution in [-0.4, -0.2) is 30.8 Å². The van der Waals surface area contributed by atoms with E-state index in [1.165, 1.54) is 6.08 Å². The second kappa shape index (κ2) is 3.07. The van der Waals surface area contributed by atoms with Crippen molar-refractivity contribution in [1.29, 1.82) is 0 Å². The van der Waals surface area contributed by atoms with Gasteiger partial charge in [0.05, 0.1) is 26.0 Å². The summed E-state index contributed by atoms with van der Waals surface area (Å²) >= 11 is 0. The average molecular weight is 164 g/mol. The maximum atomic E-state index is 9.61. The molecule has 1 aliphatic rings. The van der Waals surface area contributed by atoms with Crippen LogP contribution in [0.25, 0.3) is 0 Å². The van der Waals surface area contributed by atoms with Crippen molar-refractivity contribution in [3.05, 3.63) is 24.8 Å². The summed E-state index contributed by atoms with van der Waals surface area (Å²) in [5.74, 6) is -0.231. The minimum Gasteiger partial charge on any atom is -0.395 e. The lowest BCUT2D eigenvalue weighted by atomic mass is 9.76. The highest BCUT2D eigenvalue weighted by Gasteiger charge is 2.45. The van der Waals surface area contributed by atoms with E-state index in [2.05, 4.69) is 13.2 Å². The summed E-state index contributed by atoms with van der Waals surface area (Å²) in [6.07, 6.45) is 1.33. The highest BCUT2D eigenvalue weighted by atomic mass is 16.3. The monoisotopic (exact) mass is 164 g/mol. The number of aliphatic hydroxyl groups excluding tert-OH is 2. The minimum atomic E-state index is -0.778. The summed E-state index contributed by atoms with van der Waals surface area (Å²) in [5, 5.41) is 18.7. The Kier molecular flexibility index (Phi) is 2.45. The van der Waals surface area contributed by atoms with Crippen LogP contribution < -0.4 is 0 Å². The van der Waals surface area contributed by atoms with E-state index in [9.17, 15) is 5.11 Å². The van der Waals surface area contributed by atoms with Crippen molar-refractivity contribution in [3.63, 3.8) is 0 Å². The van der Waals surface area contributed by atoms with Crippen LogP contribution in [0, 0.1) is 5.41 Å². The summed E-state index contributed by atoms with van der Waals surface area (Å²) in [6, 6.07) is 0. The molecule has 12 heavy (non-hydrogen) atoms. The van der Waals surface area contributed by atoms with Crippen LogP contribution >= 0.6 is 0 Å². The van der Waals surface area contributed by atoms with Crippen molar-refractivity contribution in [2.24, 2.45) is 5.41 Å². The Morgan fingerprint density at radius 1 is 1.75 bits per heavy atom. The molecule has 1 fully saturated rings. The third kappa shape index (κ3) is 1.05. The van der Waals surface area contributed by atoms with Crippen LogP contribution in [0.2, 0.25) is 5.82 Å². The zero-order valence-electron chi connectivity index (χ0n) is 7.03. The average Bonchev–Trinajstić information content (AvgIpc) is 2.26. The maximum Gasteiger partial charge on any atom is 0.0760 e. The maximum absolute atomic E-state index is 9.61. The van der Waals surface area contributed by atoms with Crippen molar-refractivity contribution in [2.75, 3.05) is 6.61 Å². The van der Waals surface area contributed by atoms with Crippen molar-refractivity contribution >= 4 is 7.85 Å². The second-order valence-corrected chi connectivity index (χ2v) is 3.29. The molecule has 0 aromatic rings. The highest BCUT2D eigenvalue weighted by molar-refractivity contribution is 6.14. The van der Waals surface area contributed by atoms with E-state index in [-0.39, 0.29) is 12.4 Å². The van der Waals surface area contributed by atoms with Gasteiger partial charge in [0.1, 0.15) is 0 Å². The first-order valence-corrected chi connectivity index (χ1v) is 3.96. The first-order valence-electron chi connectivity index (χ1n) is 3.96. The first kappa shape index (κ1) is 9.55. The molecule has 3 atom stereocenters. The zero-order valence-corrected chi connectivity index (χ0v) is 7.03. The van der Waals surface area contributed by atoms with Crippen LogP contribution in [0.4, 0.5) is 0 Å². The number of rotatable bonds is 2. The van der Waals surface area contributed by atoms with E-state index < -0.39 is 11.5 Å². The lowest BCUT2D eigenvalue weighted by Crippen LogP contribution is -2.32. The van der Waals surface area contributed by atoms with E-state index in [4.69, 9.17) is 13.0 Å². The molecule has 2 N–H and O–H groups in total. The van der Waals surface area contributed by atoms with Crippen molar-refractivity contribution in [2.45, 2.75) is 18.3 Å². The molecule has 2 radical (unpaired) electrons. The molecule has 0 bridgehead atoms. The van der Waals surface area contributed by atoms with E-state index in [1.54, 1.807) is 0 Å². The van der Waals surface area contributed by atoms with Crippen LogP contribution in [0.1, 0.15) is 6.42 Å². The Hall–Kier alpha value is -0.535. The quantitative estimate of drug-likeness (QED) is 0.458. The molecule has 0 heterocycles. The molecule has 0 unspecified atom stereocenters. The van der Waals surface area contributed by atoms with Gasteiger partial charge < -0.3 is 10.2 Å². The second-order valence-electron chi connectivity index (χ2n) is 3.29. The summed E-state index contributed by atoms with van der Waals surface area (Å²) < 4.78 is 0. The van der Waals surface area contributed by atoms with E-state index in [0.717, 1.165) is 0 Å². The predicted molar refractivity (Wildman–Crippen MR) is 49.0 cm³/mol. The Bertz CT molecular complexity index is 215. The lowest BCUT2D eigenvalue weighted by Gasteiger charge is -2.28. The predicted octanol–water partition coefficient (Wildman–Crippen LogP) is 0.429. The van der Waals surface area contributed by atoms with Gasteiger partial charge in [0.15, 0.2) is 0 Å². The zero-order chi connectivity index (χ0) is 9.35. The van der Waals surface area contributed by atoms with E-state index in [1.807, 2.05) is 0 Å². The Balaban J connectivity index is 3.01. The molecule has 64 valence electrons. The molecule has 2 nitrogen and oxygen atoms in total. The highest BCUT2D eigenvalue weighted by Crippen LogP contribution is 2.48. The van der Waals surface area contributed by atoms with Gasteiger partial charge in [-0.1, -0.05) is 24.0 Å². The van der Waals surface area contributed by atoms with Gasteiger partial charge in [-0.3, -0.25) is 0 Å². The molecule has 0 aliphatic heterocycles. The van der Waals surface area contributed by atoms with Gasteiger partial charge in [0, 0.05) is 0 Å². The largest absolute Gasteiger partial charge is 0.395 e. The van der Waals surface area contributed by atoms with Crippen molar-refractivity contribution < 1.29 is 10.2 Å². The van der Waals surface area contributed by atoms with Crippen molar-refractivity contribution in [1.82, 2.24) is 0 Å². The van der Waals surface area contributed by atoms with Gasteiger partial charge in [-0.25, -0.2) is 0 Å². The molecular weight excluding hydrogens is 151 g/mol. The molecule has 0 aromatic carbocycles. The lowest BCUT2D eigenvalue weighted by molar-refractivity contribution is 0.0587. The summed E-state index contributed by atoms with van der Waals surface area (Å²) in [5.41, 5.74) is -0.105. The molecule has 0 saturated heterocycles. The fourth-order valence-electron chi connectivity index (χ4n) is 1.69. The molecular formula is C9H13BO2. The Morgan fingerprint density at radius 2 is 2.33 bits per heavy atom. The fraction of sp³-hybridized carbons (Fsp3) is 0.556. The molecule has 0 amide bonds. The molecule has 1 rings (SSSR count). The van der Waals surface area contributed by atoms with Crippen LogP contribution in [0.15, 0.2) is 24.8 Å². The van der Waals surface area contributed by atoms with Gasteiger partial charge in [-0.15, -0.1) is 6.58 Å². The molecule has 1 aliphatic carbocycles. The van der Waals surface area contributed by atoms with Crippen molar-refractivity contribution in [3.8, 4) is 0 Å². The smallest absolute Gasteiger partial charge is 0.0760 e. The van der Waals surface area contributed by atoms with E-state index >= 15 is 0 Å². The molecule has 0 spiro atoms. The summed E-state index contributed by atoms with van der Waals surface area (Å²) in [7, 11) is 5.68. The fourth-order valence-corrected chi connectivity index (χ4v) is 1.69. The van der Waals surface area contributed by atoms with Crippen LogP contribution in [0.5, 0.6) is 0 Å². The van der Waals surface area contributed by atoms with Gasteiger partial charge in [-0.2, -0.15) is 0 Å². The Morgan fingerprint density at radius 3 is 2.50 bits per heavy atom. The number of hydrogen-bond acceptors (Lipinski definition) is 2. The van der Waals surface area contributed by atoms with Gasteiger partial charge in [0.25, 0.3) is 0 Å².